The van der Waals surface area contributed by atoms with Gasteiger partial charge in [0.15, 0.2) is 0 Å². The fourth-order valence-corrected chi connectivity index (χ4v) is 4.61. The summed E-state index contributed by atoms with van der Waals surface area (Å²) < 4.78 is 0. The van der Waals surface area contributed by atoms with E-state index in [-0.39, 0.29) is 0 Å². The van der Waals surface area contributed by atoms with Crippen LogP contribution in [0.4, 0.5) is 0 Å². The molecule has 0 aromatic heterocycles. The maximum atomic E-state index is 6.35. The van der Waals surface area contributed by atoms with Crippen molar-refractivity contribution in [2.75, 3.05) is 31.6 Å². The van der Waals surface area contributed by atoms with E-state index in [9.17, 15) is 0 Å². The number of hydrogen-bond acceptors (Lipinski definition) is 3. The summed E-state index contributed by atoms with van der Waals surface area (Å²) in [7, 11) is 2.22. The van der Waals surface area contributed by atoms with Crippen molar-refractivity contribution < 1.29 is 0 Å². The van der Waals surface area contributed by atoms with Crippen LogP contribution in [0.15, 0.2) is 18.2 Å². The van der Waals surface area contributed by atoms with Gasteiger partial charge >= 0.3 is 0 Å². The summed E-state index contributed by atoms with van der Waals surface area (Å²) in [5.74, 6) is 2.39. The molecule has 1 fully saturated rings. The number of rotatable bonds is 6. The van der Waals surface area contributed by atoms with E-state index in [4.69, 9.17) is 23.2 Å². The van der Waals surface area contributed by atoms with Crippen LogP contribution in [-0.4, -0.2) is 48.6 Å². The molecule has 2 atom stereocenters. The van der Waals surface area contributed by atoms with E-state index in [1.807, 2.05) is 30.0 Å². The Morgan fingerprint density at radius 1 is 1.38 bits per heavy atom. The molecule has 21 heavy (non-hydrogen) atoms. The zero-order valence-electron chi connectivity index (χ0n) is 12.7. The average molecular weight is 347 g/mol. The normalized spacial score (nSPS) is 21.4. The molecule has 1 aliphatic rings. The molecule has 2 nitrogen and oxygen atoms in total. The molecule has 2 rings (SSSR count). The molecule has 2 unspecified atom stereocenters. The minimum absolute atomic E-state index is 0.389. The summed E-state index contributed by atoms with van der Waals surface area (Å²) in [6.45, 7) is 4.38. The molecule has 0 radical (unpaired) electrons. The molecular formula is C16H24Cl2N2S. The molecule has 1 aromatic rings. The van der Waals surface area contributed by atoms with Gasteiger partial charge in [-0.1, -0.05) is 36.2 Å². The van der Waals surface area contributed by atoms with Crippen LogP contribution >= 0.6 is 35.0 Å². The van der Waals surface area contributed by atoms with Gasteiger partial charge in [-0.15, -0.1) is 0 Å². The largest absolute Gasteiger partial charge is 0.312 e. The second-order valence-electron chi connectivity index (χ2n) is 5.59. The number of benzene rings is 1. The molecule has 1 N–H and O–H groups in total. The van der Waals surface area contributed by atoms with Crippen molar-refractivity contribution >= 4 is 35.0 Å². The lowest BCUT2D eigenvalue weighted by atomic mass is 9.98. The van der Waals surface area contributed by atoms with Gasteiger partial charge in [0.2, 0.25) is 0 Å². The number of thioether (sulfide) groups is 1. The molecule has 1 aliphatic heterocycles. The first-order valence-corrected chi connectivity index (χ1v) is 9.48. The Labute approximate surface area is 142 Å². The molecule has 1 saturated heterocycles. The molecule has 118 valence electrons. The summed E-state index contributed by atoms with van der Waals surface area (Å²) in [5, 5.41) is 5.25. The molecule has 0 spiro atoms. The highest BCUT2D eigenvalue weighted by molar-refractivity contribution is 7.99. The summed E-state index contributed by atoms with van der Waals surface area (Å²) >= 11 is 14.7. The second-order valence-corrected chi connectivity index (χ2v) is 7.55. The standard InChI is InChI=1S/C16H24Cl2N2S/c1-3-7-19-15(16-11-21-9-8-20(16)2)10-12-13(17)5-4-6-14(12)18/h4-6,15-16,19H,3,7-11H2,1-2H3. The summed E-state index contributed by atoms with van der Waals surface area (Å²) in [6, 6.07) is 6.69. The molecule has 1 aromatic carbocycles. The van der Waals surface area contributed by atoms with Gasteiger partial charge in [-0.05, 0) is 44.1 Å². The third-order valence-electron chi connectivity index (χ3n) is 4.05. The van der Waals surface area contributed by atoms with Crippen molar-refractivity contribution in [2.24, 2.45) is 0 Å². The Balaban J connectivity index is 2.15. The molecule has 1 heterocycles. The van der Waals surface area contributed by atoms with Crippen LogP contribution in [0.5, 0.6) is 0 Å². The molecule has 0 amide bonds. The van der Waals surface area contributed by atoms with Crippen LogP contribution in [-0.2, 0) is 6.42 Å². The highest BCUT2D eigenvalue weighted by atomic mass is 35.5. The number of nitrogens with zero attached hydrogens (tertiary/aromatic N) is 1. The van der Waals surface area contributed by atoms with E-state index in [1.54, 1.807) is 0 Å². The van der Waals surface area contributed by atoms with Crippen molar-refractivity contribution in [3.8, 4) is 0 Å². The summed E-state index contributed by atoms with van der Waals surface area (Å²) in [5.41, 5.74) is 1.07. The van der Waals surface area contributed by atoms with Gasteiger partial charge in [0.05, 0.1) is 0 Å². The SMILES string of the molecule is CCCNC(Cc1c(Cl)cccc1Cl)C1CSCCN1C. The van der Waals surface area contributed by atoms with Crippen molar-refractivity contribution in [1.82, 2.24) is 10.2 Å². The van der Waals surface area contributed by atoms with Crippen LogP contribution in [0.3, 0.4) is 0 Å². The predicted octanol–water partition coefficient (Wildman–Crippen LogP) is 3.95. The monoisotopic (exact) mass is 346 g/mol. The van der Waals surface area contributed by atoms with Crippen LogP contribution in [0.2, 0.25) is 10.0 Å². The average Bonchev–Trinajstić information content (AvgIpc) is 2.47. The van der Waals surface area contributed by atoms with Crippen molar-refractivity contribution in [3.05, 3.63) is 33.8 Å². The van der Waals surface area contributed by atoms with Gasteiger partial charge in [0.1, 0.15) is 0 Å². The second kappa shape index (κ2) is 8.64. The number of hydrogen-bond donors (Lipinski definition) is 1. The van der Waals surface area contributed by atoms with E-state index in [0.717, 1.165) is 41.5 Å². The van der Waals surface area contributed by atoms with E-state index in [1.165, 1.54) is 11.5 Å². The van der Waals surface area contributed by atoms with Crippen LogP contribution in [0, 0.1) is 0 Å². The molecule has 0 aliphatic carbocycles. The maximum absolute atomic E-state index is 6.35. The lowest BCUT2D eigenvalue weighted by Crippen LogP contribution is -2.53. The van der Waals surface area contributed by atoms with E-state index < -0.39 is 0 Å². The Bertz CT molecular complexity index is 436. The maximum Gasteiger partial charge on any atom is 0.0453 e. The number of halogens is 2. The van der Waals surface area contributed by atoms with E-state index in [0.29, 0.717) is 12.1 Å². The zero-order chi connectivity index (χ0) is 15.2. The highest BCUT2D eigenvalue weighted by Crippen LogP contribution is 2.28. The summed E-state index contributed by atoms with van der Waals surface area (Å²) in [4.78, 5) is 2.47. The summed E-state index contributed by atoms with van der Waals surface area (Å²) in [6.07, 6.45) is 2.02. The van der Waals surface area contributed by atoms with Crippen molar-refractivity contribution in [1.29, 1.82) is 0 Å². The quantitative estimate of drug-likeness (QED) is 0.839. The van der Waals surface area contributed by atoms with Crippen LogP contribution in [0.1, 0.15) is 18.9 Å². The van der Waals surface area contributed by atoms with E-state index in [2.05, 4.69) is 24.2 Å². The van der Waals surface area contributed by atoms with Gasteiger partial charge in [-0.2, -0.15) is 11.8 Å². The Morgan fingerprint density at radius 2 is 2.10 bits per heavy atom. The molecule has 0 bridgehead atoms. The molecular weight excluding hydrogens is 323 g/mol. The minimum Gasteiger partial charge on any atom is -0.312 e. The molecule has 5 heteroatoms. The Hall–Kier alpha value is 0.0700. The minimum atomic E-state index is 0.389. The van der Waals surface area contributed by atoms with Crippen LogP contribution < -0.4 is 5.32 Å². The Morgan fingerprint density at radius 3 is 2.71 bits per heavy atom. The van der Waals surface area contributed by atoms with Crippen molar-refractivity contribution in [3.63, 3.8) is 0 Å². The van der Waals surface area contributed by atoms with Gasteiger partial charge in [-0.3, -0.25) is 0 Å². The zero-order valence-corrected chi connectivity index (χ0v) is 15.1. The number of nitrogens with one attached hydrogen (secondary N) is 1. The predicted molar refractivity (Wildman–Crippen MR) is 96.0 cm³/mol. The first kappa shape index (κ1) is 17.4. The van der Waals surface area contributed by atoms with Gasteiger partial charge in [-0.25, -0.2) is 0 Å². The lowest BCUT2D eigenvalue weighted by molar-refractivity contribution is 0.213. The fourth-order valence-electron chi connectivity index (χ4n) is 2.75. The third kappa shape index (κ3) is 4.77. The van der Waals surface area contributed by atoms with E-state index >= 15 is 0 Å². The van der Waals surface area contributed by atoms with Gasteiger partial charge in [0.25, 0.3) is 0 Å². The number of likely N-dealkylation sites (N-methyl/N-ethyl adjacent to an activating group) is 1. The highest BCUT2D eigenvalue weighted by Gasteiger charge is 2.28. The lowest BCUT2D eigenvalue weighted by Gasteiger charge is -2.38. The third-order valence-corrected chi connectivity index (χ3v) is 5.81. The molecule has 0 saturated carbocycles. The topological polar surface area (TPSA) is 15.3 Å². The smallest absolute Gasteiger partial charge is 0.0453 e. The van der Waals surface area contributed by atoms with Crippen LogP contribution in [0.25, 0.3) is 0 Å². The Kier molecular flexibility index (Phi) is 7.17. The fraction of sp³-hybridized carbons (Fsp3) is 0.625. The van der Waals surface area contributed by atoms with Gasteiger partial charge < -0.3 is 10.2 Å². The first-order chi connectivity index (χ1) is 10.1. The van der Waals surface area contributed by atoms with Crippen molar-refractivity contribution in [2.45, 2.75) is 31.8 Å². The van der Waals surface area contributed by atoms with Gasteiger partial charge in [0, 0.05) is 40.2 Å². The first-order valence-electron chi connectivity index (χ1n) is 7.57.